The Hall–Kier alpha value is -6.67. The molecular formula is C43H31F2N5O. The minimum atomic E-state index is -0.758. The first kappa shape index (κ1) is 31.6. The highest BCUT2D eigenvalue weighted by Crippen LogP contribution is 2.41. The molecule has 0 fully saturated rings. The van der Waals surface area contributed by atoms with E-state index in [1.807, 2.05) is 88.2 Å². The van der Waals surface area contributed by atoms with Crippen molar-refractivity contribution in [1.29, 1.82) is 0 Å². The standard InChI is InChI=1S/C43H31F2N5O/c1-29-17-20-36(24-38(29)44)48-42(51)37-21-18-30(23-39(37)45)40-26-46-41-22-19-31(27-49(40)41)32-25-47-50(28-32)43(33-11-5-2-6-12-33,34-13-7-3-8-14-34)35-15-9-4-10-16-35/h2-28H,1H3,(H,48,51). The lowest BCUT2D eigenvalue weighted by atomic mass is 9.77. The molecule has 0 atom stereocenters. The smallest absolute Gasteiger partial charge is 0.258 e. The summed E-state index contributed by atoms with van der Waals surface area (Å²) in [5, 5.41) is 7.58. The molecule has 3 heterocycles. The number of amides is 1. The number of carbonyl (C=O) groups is 1. The first-order chi connectivity index (χ1) is 24.9. The monoisotopic (exact) mass is 671 g/mol. The van der Waals surface area contributed by atoms with Gasteiger partial charge >= 0.3 is 0 Å². The van der Waals surface area contributed by atoms with E-state index in [0.717, 1.165) is 27.8 Å². The molecule has 0 aliphatic carbocycles. The minimum absolute atomic E-state index is 0.152. The van der Waals surface area contributed by atoms with Crippen molar-refractivity contribution in [3.05, 3.63) is 204 Å². The third kappa shape index (κ3) is 5.66. The number of rotatable bonds is 8. The number of imidazole rings is 1. The van der Waals surface area contributed by atoms with E-state index in [-0.39, 0.29) is 11.3 Å². The van der Waals surface area contributed by atoms with Crippen LogP contribution in [0.4, 0.5) is 14.5 Å². The van der Waals surface area contributed by atoms with Gasteiger partial charge in [0.1, 0.15) is 22.8 Å². The van der Waals surface area contributed by atoms with Gasteiger partial charge in [-0.05, 0) is 65.6 Å². The van der Waals surface area contributed by atoms with Gasteiger partial charge in [-0.25, -0.2) is 13.8 Å². The molecule has 0 saturated heterocycles. The van der Waals surface area contributed by atoms with Crippen molar-refractivity contribution in [3.8, 4) is 22.4 Å². The average molecular weight is 672 g/mol. The fraction of sp³-hybridized carbons (Fsp3) is 0.0465. The van der Waals surface area contributed by atoms with Crippen molar-refractivity contribution in [3.63, 3.8) is 0 Å². The Balaban J connectivity index is 1.17. The number of nitrogens with zero attached hydrogens (tertiary/aromatic N) is 4. The Morgan fingerprint density at radius 2 is 1.27 bits per heavy atom. The zero-order valence-electron chi connectivity index (χ0n) is 27.5. The highest BCUT2D eigenvalue weighted by atomic mass is 19.1. The van der Waals surface area contributed by atoms with Gasteiger partial charge in [-0.2, -0.15) is 5.10 Å². The van der Waals surface area contributed by atoms with Gasteiger partial charge in [0, 0.05) is 34.8 Å². The molecule has 0 unspecified atom stereocenters. The maximum atomic E-state index is 15.4. The third-order valence-corrected chi connectivity index (χ3v) is 9.28. The molecule has 3 aromatic heterocycles. The second kappa shape index (κ2) is 13.0. The topological polar surface area (TPSA) is 64.2 Å². The Bertz CT molecular complexity index is 2410. The number of anilines is 1. The van der Waals surface area contributed by atoms with Crippen LogP contribution in [-0.2, 0) is 5.54 Å². The summed E-state index contributed by atoms with van der Waals surface area (Å²) < 4.78 is 33.4. The van der Waals surface area contributed by atoms with E-state index in [9.17, 15) is 9.18 Å². The van der Waals surface area contributed by atoms with Crippen molar-refractivity contribution >= 4 is 17.2 Å². The largest absolute Gasteiger partial charge is 0.322 e. The number of aromatic nitrogens is 4. The number of hydrogen-bond acceptors (Lipinski definition) is 3. The molecular weight excluding hydrogens is 641 g/mol. The summed E-state index contributed by atoms with van der Waals surface area (Å²) in [4.78, 5) is 17.4. The molecule has 51 heavy (non-hydrogen) atoms. The van der Waals surface area contributed by atoms with Crippen LogP contribution in [-0.4, -0.2) is 25.1 Å². The van der Waals surface area contributed by atoms with Gasteiger partial charge in [-0.15, -0.1) is 0 Å². The van der Waals surface area contributed by atoms with Crippen molar-refractivity contribution in [2.75, 3.05) is 5.32 Å². The quantitative estimate of drug-likeness (QED) is 0.164. The predicted molar refractivity (Wildman–Crippen MR) is 196 cm³/mol. The van der Waals surface area contributed by atoms with Gasteiger partial charge in [0.2, 0.25) is 0 Å². The first-order valence-electron chi connectivity index (χ1n) is 16.5. The summed E-state index contributed by atoms with van der Waals surface area (Å²) in [6.07, 6.45) is 7.54. The van der Waals surface area contributed by atoms with E-state index in [4.69, 9.17) is 5.10 Å². The van der Waals surface area contributed by atoms with Crippen LogP contribution in [0, 0.1) is 18.6 Å². The fourth-order valence-corrected chi connectivity index (χ4v) is 6.68. The van der Waals surface area contributed by atoms with Crippen LogP contribution in [0.15, 0.2) is 164 Å². The van der Waals surface area contributed by atoms with Gasteiger partial charge < -0.3 is 5.32 Å². The van der Waals surface area contributed by atoms with Gasteiger partial charge in [0.05, 0.1) is 23.7 Å². The molecule has 1 N–H and O–H groups in total. The zero-order valence-corrected chi connectivity index (χ0v) is 27.5. The Labute approximate surface area is 293 Å². The van der Waals surface area contributed by atoms with Crippen molar-refractivity contribution in [1.82, 2.24) is 19.2 Å². The predicted octanol–water partition coefficient (Wildman–Crippen LogP) is 9.54. The van der Waals surface area contributed by atoms with Crippen LogP contribution < -0.4 is 5.32 Å². The highest BCUT2D eigenvalue weighted by molar-refractivity contribution is 6.04. The lowest BCUT2D eigenvalue weighted by molar-refractivity contribution is 0.102. The molecule has 0 radical (unpaired) electrons. The van der Waals surface area contributed by atoms with Crippen LogP contribution >= 0.6 is 0 Å². The van der Waals surface area contributed by atoms with E-state index < -0.39 is 23.1 Å². The van der Waals surface area contributed by atoms with Crippen molar-refractivity contribution in [2.45, 2.75) is 12.5 Å². The maximum Gasteiger partial charge on any atom is 0.258 e. The Morgan fingerprint density at radius 1 is 0.647 bits per heavy atom. The normalized spacial score (nSPS) is 11.5. The SMILES string of the molecule is Cc1ccc(NC(=O)c2ccc(-c3cnc4ccc(-c5cnn(C(c6ccccc6)(c6ccccc6)c6ccccc6)c5)cn34)cc2F)cc1F. The molecule has 0 bridgehead atoms. The molecule has 0 spiro atoms. The average Bonchev–Trinajstić information content (AvgIpc) is 3.83. The molecule has 8 heteroatoms. The number of carbonyl (C=O) groups excluding carboxylic acids is 1. The molecule has 5 aromatic carbocycles. The van der Waals surface area contributed by atoms with Crippen LogP contribution in [0.25, 0.3) is 28.0 Å². The van der Waals surface area contributed by atoms with Gasteiger partial charge in [-0.3, -0.25) is 13.9 Å². The van der Waals surface area contributed by atoms with E-state index in [2.05, 4.69) is 52.9 Å². The summed E-state index contributed by atoms with van der Waals surface area (Å²) in [6, 6.07) is 43.7. The number of hydrogen-bond donors (Lipinski definition) is 1. The summed E-state index contributed by atoms with van der Waals surface area (Å²) in [5.41, 5.74) is 6.63. The molecule has 0 aliphatic rings. The number of pyridine rings is 1. The van der Waals surface area contributed by atoms with Crippen LogP contribution in [0.2, 0.25) is 0 Å². The molecule has 1 amide bonds. The summed E-state index contributed by atoms with van der Waals surface area (Å²) in [7, 11) is 0. The molecule has 248 valence electrons. The molecule has 8 aromatic rings. The van der Waals surface area contributed by atoms with Crippen molar-refractivity contribution < 1.29 is 13.6 Å². The summed E-state index contributed by atoms with van der Waals surface area (Å²) >= 11 is 0. The third-order valence-electron chi connectivity index (χ3n) is 9.28. The van der Waals surface area contributed by atoms with Gasteiger partial charge in [-0.1, -0.05) is 103 Å². The number of fused-ring (bicyclic) bond motifs is 1. The molecule has 0 aliphatic heterocycles. The van der Waals surface area contributed by atoms with Crippen LogP contribution in [0.1, 0.15) is 32.6 Å². The molecule has 6 nitrogen and oxygen atoms in total. The van der Waals surface area contributed by atoms with Crippen LogP contribution in [0.5, 0.6) is 0 Å². The fourth-order valence-electron chi connectivity index (χ4n) is 6.68. The maximum absolute atomic E-state index is 15.4. The van der Waals surface area contributed by atoms with E-state index in [1.54, 1.807) is 31.3 Å². The molecule has 0 saturated carbocycles. The summed E-state index contributed by atoms with van der Waals surface area (Å²) in [5.74, 6) is -1.83. The second-order valence-electron chi connectivity index (χ2n) is 12.4. The van der Waals surface area contributed by atoms with E-state index in [0.29, 0.717) is 22.5 Å². The molecule has 8 rings (SSSR count). The first-order valence-corrected chi connectivity index (χ1v) is 16.5. The number of halogens is 2. The second-order valence-corrected chi connectivity index (χ2v) is 12.4. The van der Waals surface area contributed by atoms with Crippen molar-refractivity contribution in [2.24, 2.45) is 0 Å². The van der Waals surface area contributed by atoms with Gasteiger partial charge in [0.15, 0.2) is 0 Å². The van der Waals surface area contributed by atoms with E-state index in [1.165, 1.54) is 18.2 Å². The lowest BCUT2D eigenvalue weighted by Gasteiger charge is -2.36. The van der Waals surface area contributed by atoms with Crippen LogP contribution in [0.3, 0.4) is 0 Å². The Morgan fingerprint density at radius 3 is 1.88 bits per heavy atom. The Kier molecular flexibility index (Phi) is 8.04. The minimum Gasteiger partial charge on any atom is -0.322 e. The number of nitrogens with one attached hydrogen (secondary N) is 1. The van der Waals surface area contributed by atoms with Gasteiger partial charge in [0.25, 0.3) is 5.91 Å². The number of benzene rings is 5. The zero-order chi connectivity index (χ0) is 35.0. The number of aryl methyl sites for hydroxylation is 1. The summed E-state index contributed by atoms with van der Waals surface area (Å²) in [6.45, 7) is 1.63. The lowest BCUT2D eigenvalue weighted by Crippen LogP contribution is -2.38. The highest BCUT2D eigenvalue weighted by Gasteiger charge is 2.39. The van der Waals surface area contributed by atoms with E-state index >= 15 is 4.39 Å².